The molecule has 19 heavy (non-hydrogen) atoms. The molecule has 0 spiro atoms. The average Bonchev–Trinajstić information content (AvgIpc) is 2.80. The molecule has 0 aliphatic heterocycles. The van der Waals surface area contributed by atoms with Crippen LogP contribution in [0.25, 0.3) is 22.3 Å². The van der Waals surface area contributed by atoms with E-state index in [1.165, 1.54) is 0 Å². The van der Waals surface area contributed by atoms with E-state index < -0.39 is 0 Å². The van der Waals surface area contributed by atoms with Crippen molar-refractivity contribution in [2.24, 2.45) is 0 Å². The first-order valence-electron chi connectivity index (χ1n) is 6.02. The largest absolute Gasteiger partial charge is 0.345 e. The Bertz CT molecular complexity index is 809. The Labute approximate surface area is 110 Å². The van der Waals surface area contributed by atoms with Crippen LogP contribution in [0.1, 0.15) is 17.0 Å². The second-order valence-electron chi connectivity index (χ2n) is 4.53. The molecule has 2 aromatic heterocycles. The summed E-state index contributed by atoms with van der Waals surface area (Å²) in [6.45, 7) is 3.89. The van der Waals surface area contributed by atoms with Gasteiger partial charge in [-0.05, 0) is 19.9 Å². The molecule has 4 nitrogen and oxygen atoms in total. The fourth-order valence-corrected chi connectivity index (χ4v) is 2.23. The van der Waals surface area contributed by atoms with Crippen LogP contribution < -0.4 is 0 Å². The van der Waals surface area contributed by atoms with Crippen LogP contribution in [0.4, 0.5) is 0 Å². The van der Waals surface area contributed by atoms with Crippen LogP contribution in [-0.2, 0) is 0 Å². The maximum Gasteiger partial charge on any atom is 0.143 e. The second kappa shape index (κ2) is 4.21. The lowest BCUT2D eigenvalue weighted by atomic mass is 10.0. The monoisotopic (exact) mass is 248 g/mol. The van der Waals surface area contributed by atoms with Gasteiger partial charge >= 0.3 is 0 Å². The van der Waals surface area contributed by atoms with Crippen molar-refractivity contribution in [1.82, 2.24) is 15.0 Å². The third-order valence-electron chi connectivity index (χ3n) is 3.06. The fourth-order valence-electron chi connectivity index (χ4n) is 2.23. The van der Waals surface area contributed by atoms with Crippen LogP contribution in [-0.4, -0.2) is 15.0 Å². The molecule has 0 amide bonds. The molecule has 0 saturated heterocycles. The first-order chi connectivity index (χ1) is 9.19. The molecule has 3 aromatic rings. The van der Waals surface area contributed by atoms with E-state index in [1.807, 2.05) is 32.0 Å². The molecular weight excluding hydrogens is 236 g/mol. The molecule has 0 aliphatic carbocycles. The summed E-state index contributed by atoms with van der Waals surface area (Å²) in [4.78, 5) is 11.9. The fraction of sp³-hybridized carbons (Fsp3) is 0.133. The summed E-state index contributed by atoms with van der Waals surface area (Å²) in [6, 6.07) is 10.3. The molecule has 2 heterocycles. The summed E-state index contributed by atoms with van der Waals surface area (Å²) in [5, 5.41) is 9.98. The standard InChI is InChI=1S/C15H12N4/c1-9-4-3-5-11(6-9)14-13-12(7-16)8-17-15(13)19-10(2)18-14/h3-6,8H,1-2H3,(H,17,18,19). The van der Waals surface area contributed by atoms with Crippen molar-refractivity contribution in [3.63, 3.8) is 0 Å². The lowest BCUT2D eigenvalue weighted by Crippen LogP contribution is -1.94. The normalized spacial score (nSPS) is 10.6. The minimum atomic E-state index is 0.575. The highest BCUT2D eigenvalue weighted by atomic mass is 14.9. The van der Waals surface area contributed by atoms with Gasteiger partial charge in [-0.1, -0.05) is 23.8 Å². The molecule has 3 rings (SSSR count). The summed E-state index contributed by atoms with van der Waals surface area (Å²) in [7, 11) is 0. The van der Waals surface area contributed by atoms with Gasteiger partial charge in [0.1, 0.15) is 17.5 Å². The quantitative estimate of drug-likeness (QED) is 0.719. The van der Waals surface area contributed by atoms with Gasteiger partial charge in [-0.25, -0.2) is 9.97 Å². The Balaban J connectivity index is 2.39. The number of nitrogens with one attached hydrogen (secondary N) is 1. The SMILES string of the molecule is Cc1cccc(-c2nc(C)nc3[nH]cc(C#N)c23)c1. The lowest BCUT2D eigenvalue weighted by Gasteiger charge is -2.05. The van der Waals surface area contributed by atoms with Gasteiger partial charge in [0, 0.05) is 11.8 Å². The van der Waals surface area contributed by atoms with E-state index in [0.29, 0.717) is 17.0 Å². The van der Waals surface area contributed by atoms with Crippen LogP contribution in [0.2, 0.25) is 0 Å². The van der Waals surface area contributed by atoms with Gasteiger partial charge in [-0.3, -0.25) is 0 Å². The third kappa shape index (κ3) is 1.85. The summed E-state index contributed by atoms with van der Waals surface area (Å²) in [6.07, 6.45) is 1.68. The van der Waals surface area contributed by atoms with Crippen LogP contribution in [0.15, 0.2) is 30.5 Å². The van der Waals surface area contributed by atoms with E-state index in [0.717, 1.165) is 22.2 Å². The molecule has 0 saturated carbocycles. The van der Waals surface area contributed by atoms with Crippen molar-refractivity contribution in [2.45, 2.75) is 13.8 Å². The maximum atomic E-state index is 9.19. The zero-order chi connectivity index (χ0) is 13.4. The molecule has 0 unspecified atom stereocenters. The van der Waals surface area contributed by atoms with Crippen LogP contribution >= 0.6 is 0 Å². The summed E-state index contributed by atoms with van der Waals surface area (Å²) in [5.41, 5.74) is 4.26. The molecular formula is C15H12N4. The van der Waals surface area contributed by atoms with E-state index in [1.54, 1.807) is 6.20 Å². The highest BCUT2D eigenvalue weighted by Gasteiger charge is 2.13. The average molecular weight is 248 g/mol. The number of fused-ring (bicyclic) bond motifs is 1. The first kappa shape index (κ1) is 11.4. The number of rotatable bonds is 1. The van der Waals surface area contributed by atoms with Crippen LogP contribution in [0.3, 0.4) is 0 Å². The van der Waals surface area contributed by atoms with Crippen molar-refractivity contribution < 1.29 is 0 Å². The summed E-state index contributed by atoms with van der Waals surface area (Å²) >= 11 is 0. The lowest BCUT2D eigenvalue weighted by molar-refractivity contribution is 1.08. The van der Waals surface area contributed by atoms with E-state index in [-0.39, 0.29) is 0 Å². The van der Waals surface area contributed by atoms with Gasteiger partial charge in [0.05, 0.1) is 16.6 Å². The molecule has 4 heteroatoms. The molecule has 92 valence electrons. The number of benzene rings is 1. The Hall–Kier alpha value is -2.67. The number of hydrogen-bond acceptors (Lipinski definition) is 3. The molecule has 0 fully saturated rings. The zero-order valence-electron chi connectivity index (χ0n) is 10.7. The van der Waals surface area contributed by atoms with Gasteiger partial charge < -0.3 is 4.98 Å². The minimum absolute atomic E-state index is 0.575. The zero-order valence-corrected chi connectivity index (χ0v) is 10.7. The van der Waals surface area contributed by atoms with Crippen LogP contribution in [0, 0.1) is 25.2 Å². The molecule has 1 N–H and O–H groups in total. The Kier molecular flexibility index (Phi) is 2.53. The Morgan fingerprint density at radius 3 is 2.79 bits per heavy atom. The number of aryl methyl sites for hydroxylation is 2. The predicted molar refractivity (Wildman–Crippen MR) is 73.5 cm³/mol. The van der Waals surface area contributed by atoms with Gasteiger partial charge in [0.25, 0.3) is 0 Å². The highest BCUT2D eigenvalue weighted by Crippen LogP contribution is 2.28. The topological polar surface area (TPSA) is 65.4 Å². The van der Waals surface area contributed by atoms with Crippen LogP contribution in [0.5, 0.6) is 0 Å². The minimum Gasteiger partial charge on any atom is -0.345 e. The molecule has 0 bridgehead atoms. The van der Waals surface area contributed by atoms with Crippen molar-refractivity contribution in [3.8, 4) is 17.3 Å². The molecule has 1 aromatic carbocycles. The van der Waals surface area contributed by atoms with E-state index in [2.05, 4.69) is 27.1 Å². The number of hydrogen-bond donors (Lipinski definition) is 1. The van der Waals surface area contributed by atoms with E-state index in [9.17, 15) is 5.26 Å². The molecule has 0 radical (unpaired) electrons. The summed E-state index contributed by atoms with van der Waals surface area (Å²) < 4.78 is 0. The highest BCUT2D eigenvalue weighted by molar-refractivity contribution is 5.95. The smallest absolute Gasteiger partial charge is 0.143 e. The number of aromatic nitrogens is 3. The van der Waals surface area contributed by atoms with Crippen molar-refractivity contribution >= 4 is 11.0 Å². The first-order valence-corrected chi connectivity index (χ1v) is 6.02. The number of aromatic amines is 1. The van der Waals surface area contributed by atoms with E-state index >= 15 is 0 Å². The molecule has 0 aliphatic rings. The van der Waals surface area contributed by atoms with Gasteiger partial charge in [0.15, 0.2) is 0 Å². The van der Waals surface area contributed by atoms with Gasteiger partial charge in [-0.2, -0.15) is 5.26 Å². The third-order valence-corrected chi connectivity index (χ3v) is 3.06. The van der Waals surface area contributed by atoms with Gasteiger partial charge in [0.2, 0.25) is 0 Å². The van der Waals surface area contributed by atoms with Gasteiger partial charge in [-0.15, -0.1) is 0 Å². The summed E-state index contributed by atoms with van der Waals surface area (Å²) in [5.74, 6) is 0.690. The number of nitrogens with zero attached hydrogens (tertiary/aromatic N) is 3. The Morgan fingerprint density at radius 1 is 1.21 bits per heavy atom. The number of H-pyrrole nitrogens is 1. The molecule has 0 atom stereocenters. The predicted octanol–water partition coefficient (Wildman–Crippen LogP) is 3.11. The van der Waals surface area contributed by atoms with E-state index in [4.69, 9.17) is 0 Å². The Morgan fingerprint density at radius 2 is 2.05 bits per heavy atom. The second-order valence-corrected chi connectivity index (χ2v) is 4.53. The van der Waals surface area contributed by atoms with Crippen molar-refractivity contribution in [1.29, 1.82) is 5.26 Å². The van der Waals surface area contributed by atoms with Crippen molar-refractivity contribution in [2.75, 3.05) is 0 Å². The number of nitriles is 1. The van der Waals surface area contributed by atoms with Crippen molar-refractivity contribution in [3.05, 3.63) is 47.4 Å². The maximum absolute atomic E-state index is 9.19.